The summed E-state index contributed by atoms with van der Waals surface area (Å²) < 4.78 is 5.30. The molecule has 1 fully saturated rings. The molecule has 0 radical (unpaired) electrons. The van der Waals surface area contributed by atoms with Crippen LogP contribution in [0.2, 0.25) is 0 Å². The molecule has 0 N–H and O–H groups in total. The molecule has 4 heteroatoms. The van der Waals surface area contributed by atoms with Gasteiger partial charge in [-0.2, -0.15) is 0 Å². The standard InChI is InChI=1S/C12H21NO3/c1-8-6-10(7-14)13(9(8)2)11(15)16-12(3,4)5/h7-10H,6H2,1-5H3/t8-,9?,10-/m0/s1. The Balaban J connectivity index is 2.77. The summed E-state index contributed by atoms with van der Waals surface area (Å²) in [5.41, 5.74) is -0.518. The minimum atomic E-state index is -0.518. The molecule has 0 saturated carbocycles. The Labute approximate surface area is 96.9 Å². The second kappa shape index (κ2) is 4.44. The van der Waals surface area contributed by atoms with E-state index in [1.807, 2.05) is 34.6 Å². The highest BCUT2D eigenvalue weighted by molar-refractivity contribution is 5.75. The van der Waals surface area contributed by atoms with Crippen LogP contribution in [0, 0.1) is 5.92 Å². The molecular formula is C12H21NO3. The van der Waals surface area contributed by atoms with E-state index in [4.69, 9.17) is 4.74 Å². The first kappa shape index (κ1) is 13.0. The van der Waals surface area contributed by atoms with Crippen molar-refractivity contribution in [2.45, 2.75) is 58.7 Å². The molecule has 0 aromatic rings. The number of carbonyl (C=O) groups excluding carboxylic acids is 2. The van der Waals surface area contributed by atoms with Crippen molar-refractivity contribution in [1.82, 2.24) is 4.90 Å². The number of hydrogen-bond acceptors (Lipinski definition) is 3. The van der Waals surface area contributed by atoms with Gasteiger partial charge in [-0.25, -0.2) is 4.79 Å². The third-order valence-electron chi connectivity index (χ3n) is 2.99. The highest BCUT2D eigenvalue weighted by Gasteiger charge is 2.40. The van der Waals surface area contributed by atoms with Gasteiger partial charge in [0.1, 0.15) is 11.9 Å². The first-order chi connectivity index (χ1) is 7.26. The molecule has 16 heavy (non-hydrogen) atoms. The fraction of sp³-hybridized carbons (Fsp3) is 0.833. The quantitative estimate of drug-likeness (QED) is 0.645. The van der Waals surface area contributed by atoms with E-state index in [1.54, 1.807) is 4.90 Å². The molecule has 1 unspecified atom stereocenters. The molecule has 0 bridgehead atoms. The van der Waals surface area contributed by atoms with Gasteiger partial charge in [0.15, 0.2) is 0 Å². The zero-order chi connectivity index (χ0) is 12.5. The molecule has 1 heterocycles. The summed E-state index contributed by atoms with van der Waals surface area (Å²) in [4.78, 5) is 24.4. The Kier molecular flexibility index (Phi) is 3.61. The third kappa shape index (κ3) is 2.74. The van der Waals surface area contributed by atoms with Gasteiger partial charge in [0.25, 0.3) is 0 Å². The monoisotopic (exact) mass is 227 g/mol. The lowest BCUT2D eigenvalue weighted by Crippen LogP contribution is -2.44. The van der Waals surface area contributed by atoms with Crippen LogP contribution in [0.3, 0.4) is 0 Å². The van der Waals surface area contributed by atoms with Crippen LogP contribution in [0.25, 0.3) is 0 Å². The molecule has 0 aliphatic carbocycles. The predicted molar refractivity (Wildman–Crippen MR) is 61.2 cm³/mol. The molecule has 1 rings (SSSR count). The van der Waals surface area contributed by atoms with Crippen LogP contribution in [-0.4, -0.2) is 35.0 Å². The fourth-order valence-corrected chi connectivity index (χ4v) is 2.01. The van der Waals surface area contributed by atoms with Gasteiger partial charge in [-0.3, -0.25) is 4.90 Å². The van der Waals surface area contributed by atoms with Crippen LogP contribution in [-0.2, 0) is 9.53 Å². The van der Waals surface area contributed by atoms with Gasteiger partial charge in [-0.05, 0) is 40.0 Å². The Morgan fingerprint density at radius 1 is 1.38 bits per heavy atom. The second-order valence-corrected chi connectivity index (χ2v) is 5.54. The zero-order valence-corrected chi connectivity index (χ0v) is 10.7. The molecule has 0 aromatic carbocycles. The smallest absolute Gasteiger partial charge is 0.411 e. The SMILES string of the molecule is CC1[C@@H](C)C[C@@H](C=O)N1C(=O)OC(C)(C)C. The van der Waals surface area contributed by atoms with Gasteiger partial charge >= 0.3 is 6.09 Å². The first-order valence-electron chi connectivity index (χ1n) is 5.73. The second-order valence-electron chi connectivity index (χ2n) is 5.54. The van der Waals surface area contributed by atoms with E-state index in [-0.39, 0.29) is 18.2 Å². The molecule has 92 valence electrons. The minimum Gasteiger partial charge on any atom is -0.444 e. The Bertz CT molecular complexity index is 282. The van der Waals surface area contributed by atoms with Crippen molar-refractivity contribution in [1.29, 1.82) is 0 Å². The number of likely N-dealkylation sites (tertiary alicyclic amines) is 1. The van der Waals surface area contributed by atoms with E-state index in [0.29, 0.717) is 5.92 Å². The van der Waals surface area contributed by atoms with Crippen molar-refractivity contribution in [3.63, 3.8) is 0 Å². The van der Waals surface area contributed by atoms with E-state index in [0.717, 1.165) is 12.7 Å². The highest BCUT2D eigenvalue weighted by atomic mass is 16.6. The lowest BCUT2D eigenvalue weighted by atomic mass is 10.0. The largest absolute Gasteiger partial charge is 0.444 e. The maximum absolute atomic E-state index is 11.9. The van der Waals surface area contributed by atoms with Gasteiger partial charge in [0, 0.05) is 6.04 Å². The maximum Gasteiger partial charge on any atom is 0.411 e. The van der Waals surface area contributed by atoms with Gasteiger partial charge in [0.05, 0.1) is 6.04 Å². The van der Waals surface area contributed by atoms with Crippen LogP contribution in [0.4, 0.5) is 4.79 Å². The van der Waals surface area contributed by atoms with E-state index in [2.05, 4.69) is 0 Å². The highest BCUT2D eigenvalue weighted by Crippen LogP contribution is 2.29. The van der Waals surface area contributed by atoms with E-state index < -0.39 is 5.60 Å². The van der Waals surface area contributed by atoms with Gasteiger partial charge in [-0.1, -0.05) is 6.92 Å². The van der Waals surface area contributed by atoms with Gasteiger partial charge < -0.3 is 9.53 Å². The number of ether oxygens (including phenoxy) is 1. The van der Waals surface area contributed by atoms with Crippen molar-refractivity contribution in [2.75, 3.05) is 0 Å². The molecule has 0 spiro atoms. The number of nitrogens with zero attached hydrogens (tertiary/aromatic N) is 1. The normalized spacial score (nSPS) is 30.3. The molecule has 4 nitrogen and oxygen atoms in total. The molecular weight excluding hydrogens is 206 g/mol. The summed E-state index contributed by atoms with van der Waals surface area (Å²) in [5, 5.41) is 0. The average Bonchev–Trinajstić information content (AvgIpc) is 2.40. The summed E-state index contributed by atoms with van der Waals surface area (Å²) >= 11 is 0. The van der Waals surface area contributed by atoms with Crippen LogP contribution >= 0.6 is 0 Å². The van der Waals surface area contributed by atoms with E-state index in [9.17, 15) is 9.59 Å². The topological polar surface area (TPSA) is 46.6 Å². The van der Waals surface area contributed by atoms with Gasteiger partial charge in [0.2, 0.25) is 0 Å². The van der Waals surface area contributed by atoms with Crippen molar-refractivity contribution in [2.24, 2.45) is 5.92 Å². The summed E-state index contributed by atoms with van der Waals surface area (Å²) in [6.07, 6.45) is 1.18. The van der Waals surface area contributed by atoms with Crippen molar-refractivity contribution in [3.05, 3.63) is 0 Å². The first-order valence-corrected chi connectivity index (χ1v) is 5.73. The van der Waals surface area contributed by atoms with E-state index >= 15 is 0 Å². The van der Waals surface area contributed by atoms with Crippen LogP contribution in [0.15, 0.2) is 0 Å². The summed E-state index contributed by atoms with van der Waals surface area (Å²) in [5.74, 6) is 0.336. The zero-order valence-electron chi connectivity index (χ0n) is 10.7. The van der Waals surface area contributed by atoms with Crippen LogP contribution in [0.5, 0.6) is 0 Å². The Morgan fingerprint density at radius 2 is 1.94 bits per heavy atom. The number of hydrogen-bond donors (Lipinski definition) is 0. The molecule has 1 aliphatic rings. The molecule has 1 saturated heterocycles. The number of amides is 1. The number of carbonyl (C=O) groups is 2. The molecule has 3 atom stereocenters. The van der Waals surface area contributed by atoms with Crippen molar-refractivity contribution in [3.8, 4) is 0 Å². The molecule has 1 aliphatic heterocycles. The van der Waals surface area contributed by atoms with E-state index in [1.165, 1.54) is 0 Å². The predicted octanol–water partition coefficient (Wildman–Crippen LogP) is 2.22. The van der Waals surface area contributed by atoms with Gasteiger partial charge in [-0.15, -0.1) is 0 Å². The average molecular weight is 227 g/mol. The van der Waals surface area contributed by atoms with Crippen molar-refractivity contribution < 1.29 is 14.3 Å². The van der Waals surface area contributed by atoms with Crippen molar-refractivity contribution >= 4 is 12.4 Å². The fourth-order valence-electron chi connectivity index (χ4n) is 2.01. The lowest BCUT2D eigenvalue weighted by Gasteiger charge is -2.29. The third-order valence-corrected chi connectivity index (χ3v) is 2.99. The maximum atomic E-state index is 11.9. The number of rotatable bonds is 1. The minimum absolute atomic E-state index is 0.0602. The summed E-state index contributed by atoms with van der Waals surface area (Å²) in [6.45, 7) is 9.48. The Morgan fingerprint density at radius 3 is 2.38 bits per heavy atom. The molecule has 0 aromatic heterocycles. The number of aldehydes is 1. The van der Waals surface area contributed by atoms with Crippen LogP contribution in [0.1, 0.15) is 41.0 Å². The van der Waals surface area contributed by atoms with Crippen LogP contribution < -0.4 is 0 Å². The summed E-state index contributed by atoms with van der Waals surface area (Å²) in [7, 11) is 0. The molecule has 1 amide bonds. The lowest BCUT2D eigenvalue weighted by molar-refractivity contribution is -0.112. The summed E-state index contributed by atoms with van der Waals surface area (Å²) in [6, 6.07) is -0.273. The Hall–Kier alpha value is -1.06.